The topological polar surface area (TPSA) is 80.6 Å². The van der Waals surface area contributed by atoms with Crippen LogP contribution < -0.4 is 11.2 Å². The summed E-state index contributed by atoms with van der Waals surface area (Å²) in [7, 11) is 0. The minimum atomic E-state index is -0.387. The van der Waals surface area contributed by atoms with Gasteiger partial charge in [-0.2, -0.15) is 0 Å². The van der Waals surface area contributed by atoms with Gasteiger partial charge in [-0.1, -0.05) is 19.3 Å². The standard InChI is InChI=1S/C15H18N4O2/c20-14-11-8-16-12(9-4-2-1-3-5-9)17-13(11)19(10-6-7-10)15(21)18-14/h8-10H,1-7H2,(H,18,20,21). The van der Waals surface area contributed by atoms with E-state index < -0.39 is 0 Å². The lowest BCUT2D eigenvalue weighted by Gasteiger charge is -2.20. The molecule has 2 saturated carbocycles. The second-order valence-corrected chi connectivity index (χ2v) is 6.16. The average molecular weight is 286 g/mol. The molecule has 0 atom stereocenters. The van der Waals surface area contributed by atoms with Crippen molar-refractivity contribution in [2.75, 3.05) is 0 Å². The van der Waals surface area contributed by atoms with E-state index >= 15 is 0 Å². The molecule has 2 aromatic rings. The summed E-state index contributed by atoms with van der Waals surface area (Å²) in [5.74, 6) is 1.16. The Balaban J connectivity index is 1.90. The fraction of sp³-hybridized carbons (Fsp3) is 0.600. The Morgan fingerprint density at radius 1 is 1.10 bits per heavy atom. The van der Waals surface area contributed by atoms with Gasteiger partial charge in [0.2, 0.25) is 0 Å². The van der Waals surface area contributed by atoms with Gasteiger partial charge in [-0.3, -0.25) is 14.3 Å². The van der Waals surface area contributed by atoms with Gasteiger partial charge in [-0.15, -0.1) is 0 Å². The monoisotopic (exact) mass is 286 g/mol. The van der Waals surface area contributed by atoms with Gasteiger partial charge in [0.05, 0.1) is 0 Å². The van der Waals surface area contributed by atoms with E-state index in [9.17, 15) is 9.59 Å². The second kappa shape index (κ2) is 4.79. The summed E-state index contributed by atoms with van der Waals surface area (Å²) in [4.78, 5) is 35.4. The molecule has 0 unspecified atom stereocenters. The second-order valence-electron chi connectivity index (χ2n) is 6.16. The van der Waals surface area contributed by atoms with Crippen LogP contribution >= 0.6 is 0 Å². The van der Waals surface area contributed by atoms with Crippen LogP contribution in [0.15, 0.2) is 15.8 Å². The maximum absolute atomic E-state index is 12.1. The van der Waals surface area contributed by atoms with E-state index in [1.807, 2.05) is 0 Å². The molecule has 0 aromatic carbocycles. The zero-order chi connectivity index (χ0) is 14.4. The van der Waals surface area contributed by atoms with Crippen molar-refractivity contribution >= 4 is 11.0 Å². The number of hydrogen-bond acceptors (Lipinski definition) is 4. The molecule has 0 bridgehead atoms. The highest BCUT2D eigenvalue weighted by molar-refractivity contribution is 5.72. The molecule has 2 aromatic heterocycles. The quantitative estimate of drug-likeness (QED) is 0.913. The van der Waals surface area contributed by atoms with Crippen LogP contribution in [0.3, 0.4) is 0 Å². The van der Waals surface area contributed by atoms with E-state index in [1.54, 1.807) is 10.8 Å². The summed E-state index contributed by atoms with van der Waals surface area (Å²) >= 11 is 0. The molecule has 4 rings (SSSR count). The molecule has 6 nitrogen and oxygen atoms in total. The van der Waals surface area contributed by atoms with E-state index in [4.69, 9.17) is 0 Å². The molecule has 0 aliphatic heterocycles. The molecular weight excluding hydrogens is 268 g/mol. The van der Waals surface area contributed by atoms with Crippen LogP contribution in [0.25, 0.3) is 11.0 Å². The molecule has 0 amide bonds. The maximum Gasteiger partial charge on any atom is 0.330 e. The number of rotatable bonds is 2. The molecule has 6 heteroatoms. The van der Waals surface area contributed by atoms with Gasteiger partial charge in [-0.05, 0) is 25.7 Å². The minimum Gasteiger partial charge on any atom is -0.274 e. The predicted molar refractivity (Wildman–Crippen MR) is 78.5 cm³/mol. The minimum absolute atomic E-state index is 0.186. The van der Waals surface area contributed by atoms with Gasteiger partial charge < -0.3 is 0 Å². The SMILES string of the molecule is O=c1[nH]c(=O)n(C2CC2)c2nc(C3CCCCC3)ncc12. The lowest BCUT2D eigenvalue weighted by Crippen LogP contribution is -2.31. The Labute approximate surface area is 121 Å². The lowest BCUT2D eigenvalue weighted by molar-refractivity contribution is 0.429. The van der Waals surface area contributed by atoms with E-state index in [-0.39, 0.29) is 17.3 Å². The van der Waals surface area contributed by atoms with Crippen LogP contribution in [-0.2, 0) is 0 Å². The van der Waals surface area contributed by atoms with Crippen molar-refractivity contribution < 1.29 is 0 Å². The fourth-order valence-corrected chi connectivity index (χ4v) is 3.28. The number of H-pyrrole nitrogens is 1. The molecule has 1 N–H and O–H groups in total. The van der Waals surface area contributed by atoms with Crippen molar-refractivity contribution in [2.24, 2.45) is 0 Å². The van der Waals surface area contributed by atoms with Crippen molar-refractivity contribution in [3.63, 3.8) is 0 Å². The predicted octanol–water partition coefficient (Wildman–Crippen LogP) is 1.86. The van der Waals surface area contributed by atoms with Crippen LogP contribution in [-0.4, -0.2) is 19.5 Å². The third-order valence-corrected chi connectivity index (χ3v) is 4.58. The van der Waals surface area contributed by atoms with Gasteiger partial charge in [-0.25, -0.2) is 14.8 Å². The van der Waals surface area contributed by atoms with Crippen molar-refractivity contribution in [3.8, 4) is 0 Å². The first-order valence-corrected chi connectivity index (χ1v) is 7.75. The molecule has 2 fully saturated rings. The molecule has 21 heavy (non-hydrogen) atoms. The summed E-state index contributed by atoms with van der Waals surface area (Å²) < 4.78 is 1.64. The number of aromatic nitrogens is 4. The van der Waals surface area contributed by atoms with Crippen LogP contribution in [0.1, 0.15) is 62.7 Å². The van der Waals surface area contributed by atoms with Gasteiger partial charge in [0, 0.05) is 18.2 Å². The van der Waals surface area contributed by atoms with Gasteiger partial charge in [0.1, 0.15) is 11.2 Å². The van der Waals surface area contributed by atoms with Crippen molar-refractivity contribution in [3.05, 3.63) is 32.9 Å². The smallest absolute Gasteiger partial charge is 0.274 e. The van der Waals surface area contributed by atoms with Crippen LogP contribution in [0.4, 0.5) is 0 Å². The van der Waals surface area contributed by atoms with E-state index in [2.05, 4.69) is 15.0 Å². The van der Waals surface area contributed by atoms with Crippen LogP contribution in [0.5, 0.6) is 0 Å². The van der Waals surface area contributed by atoms with E-state index in [0.29, 0.717) is 17.0 Å². The number of hydrogen-bond donors (Lipinski definition) is 1. The summed E-state index contributed by atoms with van der Waals surface area (Å²) in [6, 6.07) is 0.186. The van der Waals surface area contributed by atoms with Crippen LogP contribution in [0, 0.1) is 0 Å². The Bertz CT molecular complexity index is 797. The molecule has 2 aliphatic carbocycles. The summed E-state index contributed by atoms with van der Waals surface area (Å²) in [5.41, 5.74) is -0.216. The highest BCUT2D eigenvalue weighted by atomic mass is 16.2. The molecule has 0 radical (unpaired) electrons. The lowest BCUT2D eigenvalue weighted by atomic mass is 9.89. The summed E-state index contributed by atoms with van der Waals surface area (Å²) in [6.07, 6.45) is 9.42. The zero-order valence-corrected chi connectivity index (χ0v) is 11.8. The van der Waals surface area contributed by atoms with Crippen molar-refractivity contribution in [2.45, 2.75) is 56.9 Å². The van der Waals surface area contributed by atoms with E-state index in [0.717, 1.165) is 31.5 Å². The normalized spacial score (nSPS) is 20.0. The summed E-state index contributed by atoms with van der Waals surface area (Å²) in [5, 5.41) is 0.418. The highest BCUT2D eigenvalue weighted by Gasteiger charge is 2.28. The number of nitrogens with zero attached hydrogens (tertiary/aromatic N) is 3. The number of aromatic amines is 1. The first-order valence-electron chi connectivity index (χ1n) is 7.75. The molecule has 2 heterocycles. The maximum atomic E-state index is 12.1. The Morgan fingerprint density at radius 2 is 1.86 bits per heavy atom. The number of nitrogens with one attached hydrogen (secondary N) is 1. The first-order chi connectivity index (χ1) is 10.2. The van der Waals surface area contributed by atoms with Gasteiger partial charge in [0.15, 0.2) is 5.65 Å². The molecule has 0 saturated heterocycles. The fourth-order valence-electron chi connectivity index (χ4n) is 3.28. The Morgan fingerprint density at radius 3 is 2.57 bits per heavy atom. The third kappa shape index (κ3) is 2.18. The van der Waals surface area contributed by atoms with E-state index in [1.165, 1.54) is 19.3 Å². The Hall–Kier alpha value is -1.98. The average Bonchev–Trinajstić information content (AvgIpc) is 3.32. The van der Waals surface area contributed by atoms with Gasteiger partial charge in [0.25, 0.3) is 5.56 Å². The summed E-state index contributed by atoms with van der Waals surface area (Å²) in [6.45, 7) is 0. The Kier molecular flexibility index (Phi) is 2.90. The van der Waals surface area contributed by atoms with Crippen molar-refractivity contribution in [1.29, 1.82) is 0 Å². The molecule has 110 valence electrons. The largest absolute Gasteiger partial charge is 0.330 e. The first kappa shape index (κ1) is 12.7. The molecule has 2 aliphatic rings. The van der Waals surface area contributed by atoms with Crippen LogP contribution in [0.2, 0.25) is 0 Å². The molecular formula is C15H18N4O2. The van der Waals surface area contributed by atoms with Gasteiger partial charge >= 0.3 is 5.69 Å². The molecule has 0 spiro atoms. The third-order valence-electron chi connectivity index (χ3n) is 4.58. The number of fused-ring (bicyclic) bond motifs is 1. The highest BCUT2D eigenvalue weighted by Crippen LogP contribution is 2.35. The zero-order valence-electron chi connectivity index (χ0n) is 11.8. The van der Waals surface area contributed by atoms with Crippen molar-refractivity contribution in [1.82, 2.24) is 19.5 Å².